The summed E-state index contributed by atoms with van der Waals surface area (Å²) < 4.78 is 1.60. The number of carbonyl (C=O) groups excluding carboxylic acids is 1. The third-order valence-electron chi connectivity index (χ3n) is 1.92. The van der Waals surface area contributed by atoms with Crippen LogP contribution in [0.1, 0.15) is 10.5 Å². The van der Waals surface area contributed by atoms with E-state index >= 15 is 0 Å². The monoisotopic (exact) mass is 212 g/mol. The smallest absolute Gasteiger partial charge is 0.334 e. The lowest BCUT2D eigenvalue weighted by Gasteiger charge is -2.08. The maximum absolute atomic E-state index is 11.4. The van der Waals surface area contributed by atoms with Gasteiger partial charge in [0, 0.05) is 13.2 Å². The van der Waals surface area contributed by atoms with Crippen LogP contribution in [-0.4, -0.2) is 39.3 Å². The number of aromatic nitrogens is 1. The van der Waals surface area contributed by atoms with Crippen molar-refractivity contribution in [2.45, 2.75) is 6.10 Å². The van der Waals surface area contributed by atoms with Gasteiger partial charge in [0.05, 0.1) is 6.54 Å². The summed E-state index contributed by atoms with van der Waals surface area (Å²) in [5, 5.41) is 19.6. The molecule has 0 aromatic carbocycles. The van der Waals surface area contributed by atoms with E-state index in [0.29, 0.717) is 5.69 Å². The third-order valence-corrected chi connectivity index (χ3v) is 1.92. The molecule has 0 aliphatic heterocycles. The van der Waals surface area contributed by atoms with E-state index in [4.69, 9.17) is 10.2 Å². The van der Waals surface area contributed by atoms with Gasteiger partial charge in [0.2, 0.25) is 0 Å². The van der Waals surface area contributed by atoms with Crippen LogP contribution in [0.25, 0.3) is 0 Å². The van der Waals surface area contributed by atoms with Crippen LogP contribution in [0.4, 0.5) is 0 Å². The minimum absolute atomic E-state index is 0.306. The Morgan fingerprint density at radius 3 is 2.73 bits per heavy atom. The average molecular weight is 212 g/mol. The number of aryl methyl sites for hydroxylation is 1. The van der Waals surface area contributed by atoms with Crippen LogP contribution in [0.15, 0.2) is 18.3 Å². The largest absolute Gasteiger partial charge is 0.479 e. The number of carboxylic acid groups (broad SMARTS) is 1. The second-order valence-corrected chi connectivity index (χ2v) is 3.07. The SMILES string of the molecule is Cn1cccc1C(=O)NC[C@H](O)C(=O)O. The van der Waals surface area contributed by atoms with Crippen molar-refractivity contribution < 1.29 is 19.8 Å². The van der Waals surface area contributed by atoms with Crippen molar-refractivity contribution in [3.63, 3.8) is 0 Å². The van der Waals surface area contributed by atoms with E-state index < -0.39 is 18.0 Å². The number of carboxylic acids is 1. The van der Waals surface area contributed by atoms with Gasteiger partial charge in [-0.2, -0.15) is 0 Å². The number of carbonyl (C=O) groups is 2. The molecule has 0 fully saturated rings. The number of aliphatic carboxylic acids is 1. The predicted molar refractivity (Wildman–Crippen MR) is 51.4 cm³/mol. The predicted octanol–water partition coefficient (Wildman–Crippen LogP) is -0.800. The minimum atomic E-state index is -1.57. The molecule has 3 N–H and O–H groups in total. The summed E-state index contributed by atoms with van der Waals surface area (Å²) >= 11 is 0. The fourth-order valence-electron chi connectivity index (χ4n) is 1.06. The summed E-state index contributed by atoms with van der Waals surface area (Å²) in [6, 6.07) is 3.30. The van der Waals surface area contributed by atoms with Gasteiger partial charge in [-0.3, -0.25) is 4.79 Å². The van der Waals surface area contributed by atoms with Crippen molar-refractivity contribution >= 4 is 11.9 Å². The third kappa shape index (κ3) is 2.81. The summed E-state index contributed by atoms with van der Waals surface area (Å²) in [6.45, 7) is -0.306. The summed E-state index contributed by atoms with van der Waals surface area (Å²) in [4.78, 5) is 21.7. The van der Waals surface area contributed by atoms with E-state index in [0.717, 1.165) is 0 Å². The number of hydrogen-bond acceptors (Lipinski definition) is 3. The molecule has 1 aromatic heterocycles. The van der Waals surface area contributed by atoms with Gasteiger partial charge in [-0.1, -0.05) is 0 Å². The number of nitrogens with zero attached hydrogens (tertiary/aromatic N) is 1. The van der Waals surface area contributed by atoms with Gasteiger partial charge >= 0.3 is 5.97 Å². The number of hydrogen-bond donors (Lipinski definition) is 3. The molecule has 1 heterocycles. The standard InChI is InChI=1S/C9H12N2O4/c1-11-4-2-3-6(11)8(13)10-5-7(12)9(14)15/h2-4,7,12H,5H2,1H3,(H,10,13)(H,14,15)/t7-/m0/s1. The van der Waals surface area contributed by atoms with Crippen LogP contribution in [0, 0.1) is 0 Å². The van der Waals surface area contributed by atoms with Crippen molar-refractivity contribution in [3.05, 3.63) is 24.0 Å². The Hall–Kier alpha value is -1.82. The summed E-state index contributed by atoms with van der Waals surface area (Å²) in [5.74, 6) is -1.77. The molecule has 15 heavy (non-hydrogen) atoms. The molecule has 0 aliphatic rings. The van der Waals surface area contributed by atoms with Gasteiger partial charge in [-0.05, 0) is 12.1 Å². The average Bonchev–Trinajstić information content (AvgIpc) is 2.60. The first-order chi connectivity index (χ1) is 7.02. The highest BCUT2D eigenvalue weighted by atomic mass is 16.4. The van der Waals surface area contributed by atoms with Crippen molar-refractivity contribution in [1.29, 1.82) is 0 Å². The van der Waals surface area contributed by atoms with Crippen molar-refractivity contribution in [1.82, 2.24) is 9.88 Å². The Morgan fingerprint density at radius 2 is 2.27 bits per heavy atom. The molecular weight excluding hydrogens is 200 g/mol. The fraction of sp³-hybridized carbons (Fsp3) is 0.333. The first kappa shape index (κ1) is 11.3. The summed E-state index contributed by atoms with van der Waals surface area (Å²) in [7, 11) is 1.70. The molecule has 82 valence electrons. The molecule has 0 unspecified atom stereocenters. The van der Waals surface area contributed by atoms with Gasteiger partial charge in [0.25, 0.3) is 5.91 Å². The highest BCUT2D eigenvalue weighted by molar-refractivity contribution is 5.93. The first-order valence-corrected chi connectivity index (χ1v) is 4.32. The second kappa shape index (κ2) is 4.61. The Bertz CT molecular complexity index is 372. The Labute approximate surface area is 86.1 Å². The Kier molecular flexibility index (Phi) is 3.46. The zero-order valence-corrected chi connectivity index (χ0v) is 8.17. The number of aliphatic hydroxyl groups excluding tert-OH is 1. The van der Waals surface area contributed by atoms with Crippen molar-refractivity contribution in [2.24, 2.45) is 7.05 Å². The molecule has 6 heteroatoms. The maximum Gasteiger partial charge on any atom is 0.334 e. The van der Waals surface area contributed by atoms with Gasteiger partial charge in [0.15, 0.2) is 6.10 Å². The molecule has 0 spiro atoms. The lowest BCUT2D eigenvalue weighted by Crippen LogP contribution is -2.37. The minimum Gasteiger partial charge on any atom is -0.479 e. The van der Waals surface area contributed by atoms with E-state index in [2.05, 4.69) is 5.32 Å². The molecule has 0 bridgehead atoms. The highest BCUT2D eigenvalue weighted by Crippen LogP contribution is 1.98. The molecule has 0 aliphatic carbocycles. The van der Waals surface area contributed by atoms with Crippen LogP contribution in [0.3, 0.4) is 0 Å². The molecule has 0 saturated carbocycles. The lowest BCUT2D eigenvalue weighted by molar-refractivity contribution is -0.146. The van der Waals surface area contributed by atoms with Crippen LogP contribution in [0.2, 0.25) is 0 Å². The summed E-state index contributed by atoms with van der Waals surface area (Å²) in [5.41, 5.74) is 0.410. The molecule has 0 saturated heterocycles. The molecule has 1 atom stereocenters. The molecule has 0 radical (unpaired) electrons. The fourth-order valence-corrected chi connectivity index (χ4v) is 1.06. The number of aliphatic hydroxyl groups is 1. The van der Waals surface area contributed by atoms with E-state index in [9.17, 15) is 9.59 Å². The van der Waals surface area contributed by atoms with Crippen LogP contribution < -0.4 is 5.32 Å². The molecule has 1 amide bonds. The number of rotatable bonds is 4. The van der Waals surface area contributed by atoms with E-state index in [1.54, 1.807) is 29.9 Å². The quantitative estimate of drug-likeness (QED) is 0.609. The maximum atomic E-state index is 11.4. The Balaban J connectivity index is 2.51. The van der Waals surface area contributed by atoms with Crippen LogP contribution >= 0.6 is 0 Å². The zero-order chi connectivity index (χ0) is 11.4. The number of nitrogens with one attached hydrogen (secondary N) is 1. The molecule has 1 rings (SSSR count). The van der Waals surface area contributed by atoms with E-state index in [1.807, 2.05) is 0 Å². The van der Waals surface area contributed by atoms with Crippen LogP contribution in [0.5, 0.6) is 0 Å². The first-order valence-electron chi connectivity index (χ1n) is 4.32. The molecular formula is C9H12N2O4. The Morgan fingerprint density at radius 1 is 1.60 bits per heavy atom. The zero-order valence-electron chi connectivity index (χ0n) is 8.17. The van der Waals surface area contributed by atoms with Gasteiger partial charge in [0.1, 0.15) is 5.69 Å². The normalized spacial score (nSPS) is 12.1. The second-order valence-electron chi connectivity index (χ2n) is 3.07. The lowest BCUT2D eigenvalue weighted by atomic mass is 10.3. The van der Waals surface area contributed by atoms with E-state index in [-0.39, 0.29) is 6.54 Å². The van der Waals surface area contributed by atoms with Gasteiger partial charge in [-0.25, -0.2) is 4.79 Å². The molecule has 6 nitrogen and oxygen atoms in total. The van der Waals surface area contributed by atoms with E-state index in [1.165, 1.54) is 0 Å². The van der Waals surface area contributed by atoms with Gasteiger partial charge in [-0.15, -0.1) is 0 Å². The highest BCUT2D eigenvalue weighted by Gasteiger charge is 2.15. The molecule has 1 aromatic rings. The van der Waals surface area contributed by atoms with Crippen LogP contribution in [-0.2, 0) is 11.8 Å². The number of amides is 1. The topological polar surface area (TPSA) is 91.6 Å². The summed E-state index contributed by atoms with van der Waals surface area (Å²) in [6.07, 6.45) is 0.122. The van der Waals surface area contributed by atoms with Gasteiger partial charge < -0.3 is 20.1 Å². The van der Waals surface area contributed by atoms with Crippen molar-refractivity contribution in [2.75, 3.05) is 6.54 Å². The van der Waals surface area contributed by atoms with Crippen molar-refractivity contribution in [3.8, 4) is 0 Å².